The van der Waals surface area contributed by atoms with Crippen molar-refractivity contribution in [3.05, 3.63) is 68.2 Å². The van der Waals surface area contributed by atoms with Crippen LogP contribution in [0.3, 0.4) is 0 Å². The third-order valence-corrected chi connectivity index (χ3v) is 4.65. The molecule has 0 atom stereocenters. The van der Waals surface area contributed by atoms with Crippen LogP contribution in [0.25, 0.3) is 0 Å². The van der Waals surface area contributed by atoms with Crippen LogP contribution >= 0.6 is 0 Å². The number of aromatic nitrogens is 2. The number of halogens is 1. The highest BCUT2D eigenvalue weighted by Crippen LogP contribution is 2.17. The Morgan fingerprint density at radius 1 is 1.24 bits per heavy atom. The van der Waals surface area contributed by atoms with Gasteiger partial charge in [0.1, 0.15) is 11.4 Å². The minimum Gasteiger partial charge on any atom is -0.338 e. The van der Waals surface area contributed by atoms with Crippen LogP contribution in [-0.4, -0.2) is 33.4 Å². The Hall–Kier alpha value is -2.70. The van der Waals surface area contributed by atoms with Gasteiger partial charge in [-0.25, -0.2) is 9.18 Å². The van der Waals surface area contributed by atoms with Crippen LogP contribution in [0.1, 0.15) is 35.7 Å². The van der Waals surface area contributed by atoms with Crippen molar-refractivity contribution in [2.75, 3.05) is 13.1 Å². The molecule has 0 aliphatic carbocycles. The second kappa shape index (κ2) is 7.04. The maximum atomic E-state index is 13.8. The van der Waals surface area contributed by atoms with Gasteiger partial charge in [0, 0.05) is 24.8 Å². The number of amides is 1. The van der Waals surface area contributed by atoms with Crippen molar-refractivity contribution >= 4 is 5.91 Å². The molecule has 6 nitrogen and oxygen atoms in total. The number of carbonyl (C=O) groups is 1. The summed E-state index contributed by atoms with van der Waals surface area (Å²) in [4.78, 5) is 41.3. The Morgan fingerprint density at radius 3 is 2.60 bits per heavy atom. The maximum absolute atomic E-state index is 13.8. The lowest BCUT2D eigenvalue weighted by Crippen LogP contribution is -2.44. The van der Waals surface area contributed by atoms with E-state index in [1.165, 1.54) is 18.2 Å². The van der Waals surface area contributed by atoms with E-state index in [4.69, 9.17) is 0 Å². The van der Waals surface area contributed by atoms with Gasteiger partial charge in [-0.3, -0.25) is 14.2 Å². The highest BCUT2D eigenvalue weighted by atomic mass is 19.1. The van der Waals surface area contributed by atoms with Crippen molar-refractivity contribution in [1.82, 2.24) is 14.5 Å². The molecule has 1 aliphatic heterocycles. The third kappa shape index (κ3) is 3.55. The first-order valence-corrected chi connectivity index (χ1v) is 8.32. The molecule has 3 rings (SSSR count). The van der Waals surface area contributed by atoms with Crippen molar-refractivity contribution in [3.63, 3.8) is 0 Å². The fraction of sp³-hybridized carbons (Fsp3) is 0.389. The highest BCUT2D eigenvalue weighted by Gasteiger charge is 2.24. The summed E-state index contributed by atoms with van der Waals surface area (Å²) >= 11 is 0. The fourth-order valence-electron chi connectivity index (χ4n) is 2.99. The molecule has 1 saturated heterocycles. The number of benzene rings is 1. The highest BCUT2D eigenvalue weighted by molar-refractivity contribution is 5.93. The molecule has 25 heavy (non-hydrogen) atoms. The zero-order valence-corrected chi connectivity index (χ0v) is 14.0. The predicted molar refractivity (Wildman–Crippen MR) is 91.1 cm³/mol. The molecule has 7 heteroatoms. The van der Waals surface area contributed by atoms with Crippen molar-refractivity contribution in [2.24, 2.45) is 5.92 Å². The van der Waals surface area contributed by atoms with E-state index in [9.17, 15) is 18.8 Å². The summed E-state index contributed by atoms with van der Waals surface area (Å²) in [7, 11) is 0. The number of hydrogen-bond acceptors (Lipinski definition) is 3. The number of likely N-dealkylation sites (tertiary alicyclic amines) is 1. The molecule has 2 aromatic rings. The molecular weight excluding hydrogens is 325 g/mol. The Bertz CT molecular complexity index is 895. The second-order valence-electron chi connectivity index (χ2n) is 6.46. The van der Waals surface area contributed by atoms with E-state index >= 15 is 0 Å². The molecular formula is C18H20FN3O3. The van der Waals surface area contributed by atoms with Gasteiger partial charge in [-0.2, -0.15) is 0 Å². The van der Waals surface area contributed by atoms with Crippen molar-refractivity contribution in [3.8, 4) is 0 Å². The lowest BCUT2D eigenvalue weighted by atomic mass is 9.99. The number of piperidine rings is 1. The topological polar surface area (TPSA) is 75.2 Å². The average molecular weight is 345 g/mol. The fourth-order valence-corrected chi connectivity index (χ4v) is 2.99. The van der Waals surface area contributed by atoms with Gasteiger partial charge in [0.2, 0.25) is 0 Å². The van der Waals surface area contributed by atoms with Gasteiger partial charge < -0.3 is 9.88 Å². The quantitative estimate of drug-likeness (QED) is 0.918. The summed E-state index contributed by atoms with van der Waals surface area (Å²) < 4.78 is 14.7. The van der Waals surface area contributed by atoms with Gasteiger partial charge in [0.15, 0.2) is 0 Å². The molecule has 1 aromatic heterocycles. The second-order valence-corrected chi connectivity index (χ2v) is 6.46. The zero-order chi connectivity index (χ0) is 18.0. The molecule has 1 aromatic carbocycles. The largest absolute Gasteiger partial charge is 0.338 e. The van der Waals surface area contributed by atoms with Crippen LogP contribution in [0.5, 0.6) is 0 Å². The molecule has 0 unspecified atom stereocenters. The van der Waals surface area contributed by atoms with Crippen molar-refractivity contribution in [1.29, 1.82) is 0 Å². The van der Waals surface area contributed by atoms with E-state index in [-0.39, 0.29) is 17.7 Å². The molecule has 132 valence electrons. The lowest BCUT2D eigenvalue weighted by Gasteiger charge is -2.30. The first-order chi connectivity index (χ1) is 12.0. The summed E-state index contributed by atoms with van der Waals surface area (Å²) in [6.07, 6.45) is 2.93. The van der Waals surface area contributed by atoms with Gasteiger partial charge in [-0.15, -0.1) is 0 Å². The number of nitrogens with zero attached hydrogens (tertiary/aromatic N) is 2. The molecule has 2 heterocycles. The minimum absolute atomic E-state index is 0.0921. The summed E-state index contributed by atoms with van der Waals surface area (Å²) in [5.74, 6) is -0.344. The van der Waals surface area contributed by atoms with Gasteiger partial charge in [-0.05, 0) is 24.8 Å². The number of nitrogens with one attached hydrogen (secondary N) is 1. The standard InChI is InChI=1S/C18H20FN3O3/c1-12-6-8-21(9-7-12)16(23)14-10-20-18(25)22(17(14)24)11-13-4-2-3-5-15(13)19/h2-5,10,12H,6-9,11H2,1H3,(H,20,25). The van der Waals surface area contributed by atoms with E-state index in [0.717, 1.165) is 23.6 Å². The lowest BCUT2D eigenvalue weighted by molar-refractivity contribution is 0.0694. The zero-order valence-electron chi connectivity index (χ0n) is 14.0. The number of rotatable bonds is 3. The molecule has 0 bridgehead atoms. The molecule has 1 amide bonds. The third-order valence-electron chi connectivity index (χ3n) is 4.65. The molecule has 1 aliphatic rings. The van der Waals surface area contributed by atoms with Gasteiger partial charge in [0.05, 0.1) is 6.54 Å². The summed E-state index contributed by atoms with van der Waals surface area (Å²) in [6.45, 7) is 3.08. The summed E-state index contributed by atoms with van der Waals surface area (Å²) in [6, 6.07) is 5.92. The normalized spacial score (nSPS) is 15.4. The Labute approximate surface area is 143 Å². The SMILES string of the molecule is CC1CCN(C(=O)c2c[nH]c(=O)n(Cc3ccccc3F)c2=O)CC1. The van der Waals surface area contributed by atoms with Crippen LogP contribution in [0.4, 0.5) is 4.39 Å². The van der Waals surface area contributed by atoms with Gasteiger partial charge in [0.25, 0.3) is 11.5 Å². The number of H-pyrrole nitrogens is 1. The first-order valence-electron chi connectivity index (χ1n) is 8.32. The maximum Gasteiger partial charge on any atom is 0.328 e. The van der Waals surface area contributed by atoms with Crippen LogP contribution in [0.15, 0.2) is 40.1 Å². The Morgan fingerprint density at radius 2 is 1.92 bits per heavy atom. The van der Waals surface area contributed by atoms with E-state index in [1.54, 1.807) is 11.0 Å². The van der Waals surface area contributed by atoms with Crippen molar-refractivity contribution in [2.45, 2.75) is 26.3 Å². The molecule has 1 N–H and O–H groups in total. The molecule has 1 fully saturated rings. The summed E-state index contributed by atoms with van der Waals surface area (Å²) in [5, 5.41) is 0. The molecule has 0 spiro atoms. The van der Waals surface area contributed by atoms with E-state index in [0.29, 0.717) is 19.0 Å². The molecule has 0 saturated carbocycles. The van der Waals surface area contributed by atoms with Crippen LogP contribution < -0.4 is 11.2 Å². The monoisotopic (exact) mass is 345 g/mol. The van der Waals surface area contributed by atoms with Crippen molar-refractivity contribution < 1.29 is 9.18 Å². The Balaban J connectivity index is 1.92. The molecule has 0 radical (unpaired) electrons. The van der Waals surface area contributed by atoms with E-state index < -0.39 is 23.0 Å². The van der Waals surface area contributed by atoms with Crippen LogP contribution in [0, 0.1) is 11.7 Å². The van der Waals surface area contributed by atoms with E-state index in [1.807, 2.05) is 0 Å². The van der Waals surface area contributed by atoms with Gasteiger partial charge in [-0.1, -0.05) is 25.1 Å². The van der Waals surface area contributed by atoms with Crippen LogP contribution in [0.2, 0.25) is 0 Å². The number of aromatic amines is 1. The smallest absolute Gasteiger partial charge is 0.328 e. The van der Waals surface area contributed by atoms with Crippen LogP contribution in [-0.2, 0) is 6.54 Å². The number of hydrogen-bond donors (Lipinski definition) is 1. The minimum atomic E-state index is -0.698. The number of carbonyl (C=O) groups excluding carboxylic acids is 1. The summed E-state index contributed by atoms with van der Waals surface area (Å²) in [5.41, 5.74) is -1.25. The first kappa shape index (κ1) is 17.1. The van der Waals surface area contributed by atoms with E-state index in [2.05, 4.69) is 11.9 Å². The predicted octanol–water partition coefficient (Wildman–Crippen LogP) is 1.60. The van der Waals surface area contributed by atoms with Gasteiger partial charge >= 0.3 is 5.69 Å². The average Bonchev–Trinajstić information content (AvgIpc) is 2.60. The Kier molecular flexibility index (Phi) is 4.83.